The first-order chi connectivity index (χ1) is 11.5. The van der Waals surface area contributed by atoms with Crippen molar-refractivity contribution >= 4 is 19.4 Å². The second kappa shape index (κ2) is 7.74. The van der Waals surface area contributed by atoms with Gasteiger partial charge in [-0.3, -0.25) is 0 Å². The molecule has 4 heteroatoms. The monoisotopic (exact) mass is 315 g/mol. The summed E-state index contributed by atoms with van der Waals surface area (Å²) in [6, 6.07) is 14.0. The van der Waals surface area contributed by atoms with E-state index in [1.54, 1.807) is 25.0 Å². The molecular weight excluding hydrogens is 295 g/mol. The van der Waals surface area contributed by atoms with Gasteiger partial charge < -0.3 is 0 Å². The molecule has 0 N–H and O–H groups in total. The van der Waals surface area contributed by atoms with E-state index < -0.39 is 0 Å². The zero-order valence-electron chi connectivity index (χ0n) is 14.3. The van der Waals surface area contributed by atoms with Gasteiger partial charge in [0.25, 0.3) is 0 Å². The maximum atomic E-state index is 11.8. The Morgan fingerprint density at radius 2 is 2.04 bits per heavy atom. The molecule has 3 nitrogen and oxygen atoms in total. The average Bonchev–Trinajstić information content (AvgIpc) is 2.59. The molecule has 0 saturated heterocycles. The van der Waals surface area contributed by atoms with Gasteiger partial charge >= 0.3 is 144 Å². The molecule has 0 aliphatic carbocycles. The molecule has 0 aliphatic heterocycles. The minimum absolute atomic E-state index is 0.0571. The molecule has 24 heavy (non-hydrogen) atoms. The molecule has 2 aromatic rings. The molecule has 0 saturated carbocycles. The normalized spacial score (nSPS) is 10.0. The van der Waals surface area contributed by atoms with Crippen molar-refractivity contribution in [3.05, 3.63) is 58.7 Å². The van der Waals surface area contributed by atoms with Crippen molar-refractivity contribution < 1.29 is 4.79 Å². The van der Waals surface area contributed by atoms with Gasteiger partial charge in [-0.2, -0.15) is 0 Å². The van der Waals surface area contributed by atoms with Crippen LogP contribution in [0.5, 0.6) is 0 Å². The van der Waals surface area contributed by atoms with Crippen molar-refractivity contribution in [1.82, 2.24) is 4.90 Å². The number of carbonyl (C=O) groups is 1. The Kier molecular flexibility index (Phi) is 5.71. The molecule has 0 aromatic heterocycles. The number of carbonyl (C=O) groups excluding carboxylic acids is 1. The van der Waals surface area contributed by atoms with E-state index in [0.29, 0.717) is 18.4 Å². The van der Waals surface area contributed by atoms with Crippen LogP contribution in [0, 0.1) is 18.3 Å². The fourth-order valence-electron chi connectivity index (χ4n) is 2.68. The third-order valence-corrected chi connectivity index (χ3v) is 4.14. The van der Waals surface area contributed by atoms with Crippen molar-refractivity contribution in [2.45, 2.75) is 19.8 Å². The van der Waals surface area contributed by atoms with Crippen LogP contribution in [0.15, 0.2) is 36.4 Å². The number of amides is 1. The Balaban J connectivity index is 2.37. The minimum atomic E-state index is 0.0571. The van der Waals surface area contributed by atoms with Gasteiger partial charge in [0.2, 0.25) is 0 Å². The fourth-order valence-corrected chi connectivity index (χ4v) is 2.68. The van der Waals surface area contributed by atoms with E-state index in [0.717, 1.165) is 27.8 Å². The molecule has 0 aliphatic rings. The molecule has 119 valence electrons. The summed E-state index contributed by atoms with van der Waals surface area (Å²) in [6.07, 6.45) is 0.956. The van der Waals surface area contributed by atoms with Crippen LogP contribution in [0.1, 0.15) is 28.7 Å². The molecular formula is C20H20BN2O. The van der Waals surface area contributed by atoms with Crippen LogP contribution in [0.25, 0.3) is 11.1 Å². The van der Waals surface area contributed by atoms with Crippen LogP contribution in [-0.4, -0.2) is 38.4 Å². The average molecular weight is 315 g/mol. The number of hydrogen-bond donors (Lipinski definition) is 0. The van der Waals surface area contributed by atoms with Crippen LogP contribution in [-0.2, 0) is 11.2 Å². The molecule has 1 radical (unpaired) electrons. The predicted octanol–water partition coefficient (Wildman–Crippen LogP) is 2.87. The van der Waals surface area contributed by atoms with Crippen LogP contribution < -0.4 is 0 Å². The van der Waals surface area contributed by atoms with Crippen LogP contribution in [0.4, 0.5) is 0 Å². The van der Waals surface area contributed by atoms with Crippen LogP contribution in [0.2, 0.25) is 0 Å². The van der Waals surface area contributed by atoms with Crippen molar-refractivity contribution in [2.24, 2.45) is 0 Å². The molecule has 0 atom stereocenters. The molecule has 2 aromatic carbocycles. The van der Waals surface area contributed by atoms with Gasteiger partial charge in [0.15, 0.2) is 0 Å². The second-order valence-electron chi connectivity index (χ2n) is 5.97. The second-order valence-corrected chi connectivity index (χ2v) is 5.97. The van der Waals surface area contributed by atoms with Gasteiger partial charge in [0, 0.05) is 0 Å². The first-order valence-electron chi connectivity index (χ1n) is 7.86. The molecule has 0 unspecified atom stereocenters. The standard InChI is InChI=1S/C20H20BN2O/c1-14-5-4-6-18(19(14)12-21)16-8-7-15(17(11-16)13-22)9-10-20(24)23(2)3/h4-8,11-12H,9-10H2,1-3H3. The molecule has 2 rings (SSSR count). The number of aryl methyl sites for hydroxylation is 2. The van der Waals surface area contributed by atoms with Crippen molar-refractivity contribution in [1.29, 1.82) is 5.26 Å². The molecule has 0 heterocycles. The van der Waals surface area contributed by atoms with E-state index in [1.165, 1.54) is 0 Å². The van der Waals surface area contributed by atoms with Gasteiger partial charge in [0.05, 0.1) is 0 Å². The molecule has 0 spiro atoms. The quantitative estimate of drug-likeness (QED) is 0.796. The number of nitriles is 1. The zero-order valence-corrected chi connectivity index (χ0v) is 14.3. The Morgan fingerprint density at radius 1 is 1.29 bits per heavy atom. The topological polar surface area (TPSA) is 44.1 Å². The summed E-state index contributed by atoms with van der Waals surface area (Å²) in [5, 5.41) is 9.47. The van der Waals surface area contributed by atoms with Crippen LogP contribution >= 0.6 is 0 Å². The first-order valence-corrected chi connectivity index (χ1v) is 7.86. The Bertz CT molecular complexity index is 819. The molecule has 0 bridgehead atoms. The summed E-state index contributed by atoms with van der Waals surface area (Å²) in [5.41, 5.74) is 5.51. The van der Waals surface area contributed by atoms with Gasteiger partial charge in [-0.15, -0.1) is 0 Å². The van der Waals surface area contributed by atoms with Gasteiger partial charge in [-0.25, -0.2) is 0 Å². The van der Waals surface area contributed by atoms with Crippen LogP contribution in [0.3, 0.4) is 0 Å². The first kappa shape index (κ1) is 17.7. The van der Waals surface area contributed by atoms with Crippen molar-refractivity contribution in [3.63, 3.8) is 0 Å². The predicted molar refractivity (Wildman–Crippen MR) is 99.3 cm³/mol. The Morgan fingerprint density at radius 3 is 2.67 bits per heavy atom. The van der Waals surface area contributed by atoms with Gasteiger partial charge in [-0.05, 0) is 0 Å². The third-order valence-electron chi connectivity index (χ3n) is 4.14. The summed E-state index contributed by atoms with van der Waals surface area (Å²) in [7, 11) is 9.24. The van der Waals surface area contributed by atoms with E-state index >= 15 is 0 Å². The zero-order chi connectivity index (χ0) is 17.7. The number of rotatable bonds is 5. The Labute approximate surface area is 144 Å². The third kappa shape index (κ3) is 3.80. The van der Waals surface area contributed by atoms with E-state index in [-0.39, 0.29) is 5.91 Å². The van der Waals surface area contributed by atoms with E-state index in [2.05, 4.69) is 6.07 Å². The summed E-state index contributed by atoms with van der Waals surface area (Å²) in [6.45, 7) is 2.01. The number of nitrogens with zero attached hydrogens (tertiary/aromatic N) is 2. The van der Waals surface area contributed by atoms with Crippen molar-refractivity contribution in [2.75, 3.05) is 14.1 Å². The summed E-state index contributed by atoms with van der Waals surface area (Å²) in [4.78, 5) is 13.3. The summed E-state index contributed by atoms with van der Waals surface area (Å²) < 4.78 is 0. The Hall–Kier alpha value is -2.67. The van der Waals surface area contributed by atoms with E-state index in [4.69, 9.17) is 7.49 Å². The van der Waals surface area contributed by atoms with E-state index in [1.807, 2.05) is 43.3 Å². The fraction of sp³-hybridized carbons (Fsp3) is 0.250. The number of benzene rings is 2. The summed E-state index contributed by atoms with van der Waals surface area (Å²) >= 11 is 0. The maximum absolute atomic E-state index is 11.8. The number of hydrogen-bond acceptors (Lipinski definition) is 2. The van der Waals surface area contributed by atoms with Crippen molar-refractivity contribution in [3.8, 4) is 17.2 Å². The van der Waals surface area contributed by atoms with E-state index in [9.17, 15) is 10.1 Å². The molecule has 1 amide bonds. The van der Waals surface area contributed by atoms with Gasteiger partial charge in [0.1, 0.15) is 0 Å². The summed E-state index contributed by atoms with van der Waals surface area (Å²) in [5.74, 6) is 1.65. The van der Waals surface area contributed by atoms with Gasteiger partial charge in [-0.1, -0.05) is 0 Å². The molecule has 0 fully saturated rings. The SMILES string of the molecule is [B]=Cc1c(C)cccc1-c1ccc(CCC(=O)N(C)C)c(C#N)c1.